The Kier molecular flexibility index (Phi) is 5.57. The Balaban J connectivity index is 2.73. The molecular weight excluding hydrogens is 254 g/mol. The first-order valence-electron chi connectivity index (χ1n) is 6.93. The maximum absolute atomic E-state index is 11.8. The predicted octanol–water partition coefficient (Wildman–Crippen LogP) is 2.07. The van der Waals surface area contributed by atoms with E-state index in [1.165, 1.54) is 4.90 Å². The molecule has 0 aliphatic carbocycles. The smallest absolute Gasteiger partial charge is 0.222 e. The van der Waals surface area contributed by atoms with Crippen LogP contribution in [0.2, 0.25) is 0 Å². The molecule has 0 aliphatic heterocycles. The van der Waals surface area contributed by atoms with E-state index in [1.807, 2.05) is 32.9 Å². The molecule has 0 heterocycles. The Morgan fingerprint density at radius 1 is 1.30 bits per heavy atom. The van der Waals surface area contributed by atoms with Crippen LogP contribution >= 0.6 is 0 Å². The number of aliphatic hydroxyl groups excluding tert-OH is 1. The van der Waals surface area contributed by atoms with Gasteiger partial charge in [-0.05, 0) is 29.0 Å². The number of aromatic hydroxyl groups is 1. The molecule has 112 valence electrons. The molecule has 0 spiro atoms. The van der Waals surface area contributed by atoms with E-state index in [0.29, 0.717) is 25.1 Å². The number of amides is 1. The van der Waals surface area contributed by atoms with Crippen LogP contribution in [0.3, 0.4) is 0 Å². The molecule has 1 aromatic rings. The van der Waals surface area contributed by atoms with Crippen molar-refractivity contribution >= 4 is 5.91 Å². The Morgan fingerprint density at radius 3 is 2.50 bits per heavy atom. The van der Waals surface area contributed by atoms with Crippen LogP contribution in [0.5, 0.6) is 5.75 Å². The standard InChI is InChI=1S/C16H25NO3/c1-16(2,3)13-11-12(5-7-14(13)19)6-8-15(20)17(4)9-10-18/h5,7,11,18-19H,6,8-10H2,1-4H3. The quantitative estimate of drug-likeness (QED) is 0.867. The number of hydrogen-bond donors (Lipinski definition) is 2. The summed E-state index contributed by atoms with van der Waals surface area (Å²) in [5, 5.41) is 18.7. The minimum atomic E-state index is -0.127. The molecule has 0 unspecified atom stereocenters. The van der Waals surface area contributed by atoms with E-state index in [4.69, 9.17) is 5.11 Å². The van der Waals surface area contributed by atoms with Crippen molar-refractivity contribution in [2.24, 2.45) is 0 Å². The van der Waals surface area contributed by atoms with E-state index in [2.05, 4.69) is 0 Å². The topological polar surface area (TPSA) is 60.8 Å². The number of carbonyl (C=O) groups excluding carboxylic acids is 1. The fourth-order valence-corrected chi connectivity index (χ4v) is 2.06. The SMILES string of the molecule is CN(CCO)C(=O)CCc1ccc(O)c(C(C)(C)C)c1. The minimum Gasteiger partial charge on any atom is -0.508 e. The number of likely N-dealkylation sites (N-methyl/N-ethyl adjacent to an activating group) is 1. The molecule has 0 aliphatic rings. The Bertz CT molecular complexity index is 463. The number of aliphatic hydroxyl groups is 1. The minimum absolute atomic E-state index is 0.0180. The van der Waals surface area contributed by atoms with Gasteiger partial charge in [0, 0.05) is 20.0 Å². The van der Waals surface area contributed by atoms with Gasteiger partial charge in [0.1, 0.15) is 5.75 Å². The Labute approximate surface area is 121 Å². The van der Waals surface area contributed by atoms with Crippen LogP contribution in [0.4, 0.5) is 0 Å². The normalized spacial score (nSPS) is 11.4. The summed E-state index contributed by atoms with van der Waals surface area (Å²) < 4.78 is 0. The van der Waals surface area contributed by atoms with Crippen LogP contribution in [0.1, 0.15) is 38.3 Å². The second-order valence-electron chi connectivity index (χ2n) is 6.14. The molecule has 0 aromatic heterocycles. The van der Waals surface area contributed by atoms with Gasteiger partial charge in [-0.1, -0.05) is 32.9 Å². The molecule has 0 saturated carbocycles. The summed E-state index contributed by atoms with van der Waals surface area (Å²) in [6, 6.07) is 5.51. The number of phenols is 1. The molecule has 0 bridgehead atoms. The number of hydrogen-bond acceptors (Lipinski definition) is 3. The van der Waals surface area contributed by atoms with Crippen LogP contribution in [0.15, 0.2) is 18.2 Å². The molecule has 20 heavy (non-hydrogen) atoms. The van der Waals surface area contributed by atoms with Crippen molar-refractivity contribution in [1.29, 1.82) is 0 Å². The van der Waals surface area contributed by atoms with Gasteiger partial charge in [-0.15, -0.1) is 0 Å². The third-order valence-corrected chi connectivity index (χ3v) is 3.36. The average Bonchev–Trinajstić information content (AvgIpc) is 2.36. The highest BCUT2D eigenvalue weighted by Gasteiger charge is 2.18. The van der Waals surface area contributed by atoms with Crippen molar-refractivity contribution in [2.75, 3.05) is 20.2 Å². The number of aryl methyl sites for hydroxylation is 1. The molecule has 0 saturated heterocycles. The van der Waals surface area contributed by atoms with E-state index in [-0.39, 0.29) is 17.9 Å². The third kappa shape index (κ3) is 4.53. The van der Waals surface area contributed by atoms with Crippen molar-refractivity contribution in [3.8, 4) is 5.75 Å². The van der Waals surface area contributed by atoms with Crippen molar-refractivity contribution in [2.45, 2.75) is 39.0 Å². The van der Waals surface area contributed by atoms with Gasteiger partial charge in [0.05, 0.1) is 6.61 Å². The predicted molar refractivity (Wildman–Crippen MR) is 79.9 cm³/mol. The highest BCUT2D eigenvalue weighted by Crippen LogP contribution is 2.31. The molecule has 1 amide bonds. The molecule has 1 rings (SSSR count). The zero-order valence-corrected chi connectivity index (χ0v) is 12.8. The van der Waals surface area contributed by atoms with E-state index < -0.39 is 0 Å². The summed E-state index contributed by atoms with van der Waals surface area (Å²) in [4.78, 5) is 13.4. The second-order valence-corrected chi connectivity index (χ2v) is 6.14. The summed E-state index contributed by atoms with van der Waals surface area (Å²) >= 11 is 0. The van der Waals surface area contributed by atoms with Gasteiger partial charge in [-0.25, -0.2) is 0 Å². The molecule has 0 atom stereocenters. The van der Waals surface area contributed by atoms with Crippen molar-refractivity contribution in [3.63, 3.8) is 0 Å². The zero-order chi connectivity index (χ0) is 15.3. The Morgan fingerprint density at radius 2 is 1.95 bits per heavy atom. The number of carbonyl (C=O) groups is 1. The van der Waals surface area contributed by atoms with Gasteiger partial charge < -0.3 is 15.1 Å². The van der Waals surface area contributed by atoms with Crippen molar-refractivity contribution in [1.82, 2.24) is 4.90 Å². The fourth-order valence-electron chi connectivity index (χ4n) is 2.06. The van der Waals surface area contributed by atoms with E-state index in [0.717, 1.165) is 11.1 Å². The average molecular weight is 279 g/mol. The maximum Gasteiger partial charge on any atom is 0.222 e. The number of nitrogens with zero attached hydrogens (tertiary/aromatic N) is 1. The summed E-state index contributed by atoms with van der Waals surface area (Å²) in [7, 11) is 1.69. The Hall–Kier alpha value is -1.55. The highest BCUT2D eigenvalue weighted by molar-refractivity contribution is 5.76. The summed E-state index contributed by atoms with van der Waals surface area (Å²) in [6.07, 6.45) is 1.04. The summed E-state index contributed by atoms with van der Waals surface area (Å²) in [5.41, 5.74) is 1.81. The molecule has 0 radical (unpaired) electrons. The molecule has 4 heteroatoms. The second kappa shape index (κ2) is 6.75. The van der Waals surface area contributed by atoms with Gasteiger partial charge >= 0.3 is 0 Å². The number of phenolic OH excluding ortho intramolecular Hbond substituents is 1. The largest absolute Gasteiger partial charge is 0.508 e. The first-order chi connectivity index (χ1) is 9.25. The van der Waals surface area contributed by atoms with Crippen LogP contribution in [0, 0.1) is 0 Å². The first-order valence-corrected chi connectivity index (χ1v) is 6.93. The lowest BCUT2D eigenvalue weighted by Crippen LogP contribution is -2.29. The lowest BCUT2D eigenvalue weighted by atomic mass is 9.85. The van der Waals surface area contributed by atoms with Crippen LogP contribution < -0.4 is 0 Å². The van der Waals surface area contributed by atoms with Crippen LogP contribution in [0.25, 0.3) is 0 Å². The van der Waals surface area contributed by atoms with Crippen LogP contribution in [-0.4, -0.2) is 41.2 Å². The van der Waals surface area contributed by atoms with Gasteiger partial charge in [0.15, 0.2) is 0 Å². The monoisotopic (exact) mass is 279 g/mol. The van der Waals surface area contributed by atoms with Gasteiger partial charge in [-0.2, -0.15) is 0 Å². The molecule has 2 N–H and O–H groups in total. The van der Waals surface area contributed by atoms with Gasteiger partial charge in [0.2, 0.25) is 5.91 Å². The van der Waals surface area contributed by atoms with Crippen LogP contribution in [-0.2, 0) is 16.6 Å². The lowest BCUT2D eigenvalue weighted by Gasteiger charge is -2.21. The third-order valence-electron chi connectivity index (χ3n) is 3.36. The van der Waals surface area contributed by atoms with E-state index in [9.17, 15) is 9.90 Å². The number of rotatable bonds is 5. The highest BCUT2D eigenvalue weighted by atomic mass is 16.3. The van der Waals surface area contributed by atoms with Crippen molar-refractivity contribution < 1.29 is 15.0 Å². The first kappa shape index (κ1) is 16.5. The number of benzene rings is 1. The van der Waals surface area contributed by atoms with E-state index >= 15 is 0 Å². The zero-order valence-electron chi connectivity index (χ0n) is 12.8. The molecule has 1 aromatic carbocycles. The molecule has 0 fully saturated rings. The van der Waals surface area contributed by atoms with Gasteiger partial charge in [0.25, 0.3) is 0 Å². The maximum atomic E-state index is 11.8. The fraction of sp³-hybridized carbons (Fsp3) is 0.562. The molecular formula is C16H25NO3. The van der Waals surface area contributed by atoms with Gasteiger partial charge in [-0.3, -0.25) is 4.79 Å². The summed E-state index contributed by atoms with van der Waals surface area (Å²) in [5.74, 6) is 0.314. The van der Waals surface area contributed by atoms with E-state index in [1.54, 1.807) is 13.1 Å². The summed E-state index contributed by atoms with van der Waals surface area (Å²) in [6.45, 7) is 6.49. The van der Waals surface area contributed by atoms with Crippen molar-refractivity contribution in [3.05, 3.63) is 29.3 Å². The lowest BCUT2D eigenvalue weighted by molar-refractivity contribution is -0.130. The molecule has 4 nitrogen and oxygen atoms in total.